The van der Waals surface area contributed by atoms with Crippen LogP contribution < -0.4 is 4.72 Å². The first kappa shape index (κ1) is 11.4. The zero-order valence-electron chi connectivity index (χ0n) is 7.93. The van der Waals surface area contributed by atoms with E-state index in [0.29, 0.717) is 12.8 Å². The zero-order chi connectivity index (χ0) is 10.8. The van der Waals surface area contributed by atoms with Crippen LogP contribution in [0.1, 0.15) is 19.3 Å². The van der Waals surface area contributed by atoms with Gasteiger partial charge in [0.2, 0.25) is 0 Å². The average Bonchev–Trinajstić information content (AvgIpc) is 2.18. The van der Waals surface area contributed by atoms with Gasteiger partial charge in [0.15, 0.2) is 0 Å². The summed E-state index contributed by atoms with van der Waals surface area (Å²) >= 11 is 0. The SMILES string of the molecule is CNS(=O)(=O)N1CCCCC1C(=O)O. The Labute approximate surface area is 83.1 Å². The molecule has 1 aliphatic heterocycles. The van der Waals surface area contributed by atoms with Gasteiger partial charge in [-0.05, 0) is 19.3 Å². The lowest BCUT2D eigenvalue weighted by Crippen LogP contribution is -2.51. The molecular weight excluding hydrogens is 208 g/mol. The van der Waals surface area contributed by atoms with Crippen molar-refractivity contribution in [1.82, 2.24) is 9.03 Å². The highest BCUT2D eigenvalue weighted by atomic mass is 32.2. The van der Waals surface area contributed by atoms with Gasteiger partial charge in [0, 0.05) is 13.6 Å². The third-order valence-corrected chi connectivity index (χ3v) is 3.88. The van der Waals surface area contributed by atoms with Crippen LogP contribution in [0.15, 0.2) is 0 Å². The first-order valence-electron chi connectivity index (χ1n) is 4.42. The summed E-state index contributed by atoms with van der Waals surface area (Å²) in [6, 6.07) is -0.916. The first-order valence-corrected chi connectivity index (χ1v) is 5.86. The van der Waals surface area contributed by atoms with Gasteiger partial charge >= 0.3 is 5.97 Å². The Morgan fingerprint density at radius 3 is 2.64 bits per heavy atom. The Morgan fingerprint density at radius 2 is 2.14 bits per heavy atom. The molecule has 2 N–H and O–H groups in total. The summed E-state index contributed by atoms with van der Waals surface area (Å²) in [4.78, 5) is 10.8. The third-order valence-electron chi connectivity index (χ3n) is 2.31. The summed E-state index contributed by atoms with van der Waals surface area (Å²) in [5, 5.41) is 8.83. The van der Waals surface area contributed by atoms with E-state index in [4.69, 9.17) is 5.11 Å². The number of carboxylic acid groups (broad SMARTS) is 1. The number of carboxylic acids is 1. The van der Waals surface area contributed by atoms with Crippen LogP contribution in [0, 0.1) is 0 Å². The number of nitrogens with one attached hydrogen (secondary N) is 1. The van der Waals surface area contributed by atoms with Gasteiger partial charge < -0.3 is 5.11 Å². The van der Waals surface area contributed by atoms with Gasteiger partial charge in [-0.25, -0.2) is 4.72 Å². The van der Waals surface area contributed by atoms with Gasteiger partial charge in [-0.2, -0.15) is 12.7 Å². The second-order valence-electron chi connectivity index (χ2n) is 3.17. The standard InChI is InChI=1S/C7H14N2O4S/c1-8-14(12,13)9-5-3-2-4-6(9)7(10)11/h6,8H,2-5H2,1H3,(H,10,11). The molecule has 1 rings (SSSR count). The molecule has 0 aromatic carbocycles. The molecule has 0 bridgehead atoms. The van der Waals surface area contributed by atoms with Crippen molar-refractivity contribution in [3.05, 3.63) is 0 Å². The minimum absolute atomic E-state index is 0.278. The molecule has 1 unspecified atom stereocenters. The number of aliphatic carboxylic acids is 1. The molecule has 7 heteroatoms. The minimum Gasteiger partial charge on any atom is -0.480 e. The van der Waals surface area contributed by atoms with Gasteiger partial charge in [0.1, 0.15) is 6.04 Å². The van der Waals surface area contributed by atoms with E-state index in [1.165, 1.54) is 7.05 Å². The summed E-state index contributed by atoms with van der Waals surface area (Å²) < 4.78 is 26.0. The van der Waals surface area contributed by atoms with Crippen molar-refractivity contribution in [1.29, 1.82) is 0 Å². The molecule has 1 heterocycles. The number of piperidine rings is 1. The van der Waals surface area contributed by atoms with E-state index >= 15 is 0 Å². The van der Waals surface area contributed by atoms with Crippen LogP contribution in [-0.4, -0.2) is 43.4 Å². The Hall–Kier alpha value is -0.660. The van der Waals surface area contributed by atoms with E-state index in [2.05, 4.69) is 4.72 Å². The van der Waals surface area contributed by atoms with E-state index in [-0.39, 0.29) is 6.54 Å². The summed E-state index contributed by atoms with van der Waals surface area (Å²) in [5.41, 5.74) is 0. The van der Waals surface area contributed by atoms with Crippen molar-refractivity contribution >= 4 is 16.2 Å². The van der Waals surface area contributed by atoms with Crippen molar-refractivity contribution < 1.29 is 18.3 Å². The van der Waals surface area contributed by atoms with Crippen LogP contribution in [-0.2, 0) is 15.0 Å². The van der Waals surface area contributed by atoms with E-state index in [0.717, 1.165) is 10.7 Å². The monoisotopic (exact) mass is 222 g/mol. The van der Waals surface area contributed by atoms with Crippen molar-refractivity contribution in [2.45, 2.75) is 25.3 Å². The van der Waals surface area contributed by atoms with Gasteiger partial charge in [-0.3, -0.25) is 4.79 Å². The van der Waals surface area contributed by atoms with Crippen molar-refractivity contribution in [3.63, 3.8) is 0 Å². The summed E-state index contributed by atoms with van der Waals surface area (Å²) in [6.07, 6.45) is 1.85. The predicted molar refractivity (Wildman–Crippen MR) is 50.0 cm³/mol. The number of nitrogens with zero attached hydrogens (tertiary/aromatic N) is 1. The molecule has 1 atom stereocenters. The molecule has 14 heavy (non-hydrogen) atoms. The minimum atomic E-state index is -3.61. The van der Waals surface area contributed by atoms with E-state index in [1.54, 1.807) is 0 Å². The summed E-state index contributed by atoms with van der Waals surface area (Å²) in [5.74, 6) is -1.08. The molecule has 0 amide bonds. The molecular formula is C7H14N2O4S. The molecule has 1 aliphatic rings. The zero-order valence-corrected chi connectivity index (χ0v) is 8.75. The fourth-order valence-electron chi connectivity index (χ4n) is 1.56. The molecule has 0 radical (unpaired) electrons. The second kappa shape index (κ2) is 4.24. The maximum atomic E-state index is 11.4. The molecule has 0 aromatic rings. The Kier molecular flexibility index (Phi) is 3.46. The highest BCUT2D eigenvalue weighted by molar-refractivity contribution is 7.87. The summed E-state index contributed by atoms with van der Waals surface area (Å²) in [6.45, 7) is 0.278. The quantitative estimate of drug-likeness (QED) is 0.667. The molecule has 1 fully saturated rings. The highest BCUT2D eigenvalue weighted by Gasteiger charge is 2.35. The number of rotatable bonds is 3. The van der Waals surface area contributed by atoms with Gasteiger partial charge in [0.25, 0.3) is 10.2 Å². The van der Waals surface area contributed by atoms with Crippen molar-refractivity contribution in [2.75, 3.05) is 13.6 Å². The van der Waals surface area contributed by atoms with Crippen LogP contribution in [0.3, 0.4) is 0 Å². The fourth-order valence-corrected chi connectivity index (χ4v) is 2.69. The maximum absolute atomic E-state index is 11.4. The molecule has 6 nitrogen and oxygen atoms in total. The maximum Gasteiger partial charge on any atom is 0.322 e. The third kappa shape index (κ3) is 2.23. The van der Waals surface area contributed by atoms with Gasteiger partial charge in [-0.1, -0.05) is 0 Å². The molecule has 0 saturated carbocycles. The van der Waals surface area contributed by atoms with Crippen molar-refractivity contribution in [3.8, 4) is 0 Å². The van der Waals surface area contributed by atoms with E-state index < -0.39 is 22.2 Å². The van der Waals surface area contributed by atoms with Gasteiger partial charge in [-0.15, -0.1) is 0 Å². The lowest BCUT2D eigenvalue weighted by atomic mass is 10.1. The highest BCUT2D eigenvalue weighted by Crippen LogP contribution is 2.19. The molecule has 82 valence electrons. The number of carbonyl (C=O) groups is 1. The normalized spacial score (nSPS) is 24.8. The average molecular weight is 222 g/mol. The molecule has 0 spiro atoms. The largest absolute Gasteiger partial charge is 0.480 e. The fraction of sp³-hybridized carbons (Fsp3) is 0.857. The smallest absolute Gasteiger partial charge is 0.322 e. The Bertz CT molecular complexity index is 314. The van der Waals surface area contributed by atoms with Crippen LogP contribution in [0.2, 0.25) is 0 Å². The van der Waals surface area contributed by atoms with Crippen molar-refractivity contribution in [2.24, 2.45) is 0 Å². The lowest BCUT2D eigenvalue weighted by Gasteiger charge is -2.31. The van der Waals surface area contributed by atoms with Gasteiger partial charge in [0.05, 0.1) is 0 Å². The second-order valence-corrected chi connectivity index (χ2v) is 5.00. The van der Waals surface area contributed by atoms with Crippen LogP contribution in [0.5, 0.6) is 0 Å². The van der Waals surface area contributed by atoms with E-state index in [9.17, 15) is 13.2 Å². The molecule has 0 aliphatic carbocycles. The molecule has 1 saturated heterocycles. The lowest BCUT2D eigenvalue weighted by molar-refractivity contribution is -0.142. The van der Waals surface area contributed by atoms with Crippen LogP contribution >= 0.6 is 0 Å². The van der Waals surface area contributed by atoms with Crippen LogP contribution in [0.4, 0.5) is 0 Å². The molecule has 0 aromatic heterocycles. The van der Waals surface area contributed by atoms with Crippen LogP contribution in [0.25, 0.3) is 0 Å². The summed E-state index contributed by atoms with van der Waals surface area (Å²) in [7, 11) is -2.33. The predicted octanol–water partition coefficient (Wildman–Crippen LogP) is -0.610. The Balaban J connectivity index is 2.88. The number of hydrogen-bond donors (Lipinski definition) is 2. The number of hydrogen-bond acceptors (Lipinski definition) is 3. The van der Waals surface area contributed by atoms with E-state index in [1.807, 2.05) is 0 Å². The Morgan fingerprint density at radius 1 is 1.50 bits per heavy atom. The first-order chi connectivity index (χ1) is 6.49. The topological polar surface area (TPSA) is 86.7 Å².